The van der Waals surface area contributed by atoms with Crippen LogP contribution < -0.4 is 10.9 Å². The van der Waals surface area contributed by atoms with Gasteiger partial charge in [0.25, 0.3) is 5.56 Å². The lowest BCUT2D eigenvalue weighted by molar-refractivity contribution is -0.114. The molecule has 1 aliphatic heterocycles. The van der Waals surface area contributed by atoms with Gasteiger partial charge in [0.1, 0.15) is 14.5 Å². The molecule has 0 bridgehead atoms. The number of fused-ring (bicyclic) bond motifs is 1. The summed E-state index contributed by atoms with van der Waals surface area (Å²) in [6, 6.07) is 0.751. The zero-order valence-corrected chi connectivity index (χ0v) is 20.3. The van der Waals surface area contributed by atoms with Crippen LogP contribution in [0.5, 0.6) is 0 Å². The molecule has 172 valence electrons. The Kier molecular flexibility index (Phi) is 7.15. The summed E-state index contributed by atoms with van der Waals surface area (Å²) in [6.07, 6.45) is 0.916. The first-order valence-corrected chi connectivity index (χ1v) is 12.3. The Morgan fingerprint density at radius 2 is 1.97 bits per heavy atom. The highest BCUT2D eigenvalue weighted by atomic mass is 31.2. The molecule has 11 heteroatoms. The van der Waals surface area contributed by atoms with E-state index in [1.807, 2.05) is 6.92 Å². The summed E-state index contributed by atoms with van der Waals surface area (Å²) in [4.78, 5) is 34.9. The van der Waals surface area contributed by atoms with Gasteiger partial charge < -0.3 is 9.26 Å². The molecule has 31 heavy (non-hydrogen) atoms. The summed E-state index contributed by atoms with van der Waals surface area (Å²) < 4.78 is 16.9. The van der Waals surface area contributed by atoms with Gasteiger partial charge in [0, 0.05) is 24.9 Å². The molecular weight excluding hydrogens is 419 g/mol. The molecule has 2 unspecified atom stereocenters. The van der Waals surface area contributed by atoms with Crippen LogP contribution in [-0.2, 0) is 14.1 Å². The van der Waals surface area contributed by atoms with Gasteiger partial charge in [-0.1, -0.05) is 6.92 Å². The van der Waals surface area contributed by atoms with E-state index in [0.29, 0.717) is 17.7 Å². The second-order valence-corrected chi connectivity index (χ2v) is 10.2. The number of aromatic nitrogens is 4. The van der Waals surface area contributed by atoms with Crippen molar-refractivity contribution in [3.63, 3.8) is 0 Å². The van der Waals surface area contributed by atoms with E-state index >= 15 is 0 Å². The van der Waals surface area contributed by atoms with Crippen LogP contribution in [0.15, 0.2) is 11.1 Å². The van der Waals surface area contributed by atoms with Gasteiger partial charge in [-0.15, -0.1) is 0 Å². The third kappa shape index (κ3) is 4.82. The number of hydrogen-bond donors (Lipinski definition) is 2. The molecule has 0 aliphatic carbocycles. The van der Waals surface area contributed by atoms with Gasteiger partial charge in [-0.25, -0.2) is 4.98 Å². The normalized spacial score (nSPS) is 25.1. The number of ether oxygens (including phenoxy) is 1. The molecule has 0 radical (unpaired) electrons. The van der Waals surface area contributed by atoms with Crippen LogP contribution in [0.3, 0.4) is 0 Å². The molecule has 2 aromatic rings. The Morgan fingerprint density at radius 3 is 2.55 bits per heavy atom. The fraction of sp³-hybridized carbons (Fsp3) is 0.700. The molecule has 1 amide bonds. The van der Waals surface area contributed by atoms with E-state index in [2.05, 4.69) is 66.2 Å². The molecule has 2 N–H and O–H groups in total. The Balaban J connectivity index is 1.88. The number of nitrogens with zero attached hydrogens (tertiary/aromatic N) is 4. The molecule has 10 nitrogen and oxygen atoms in total. The summed E-state index contributed by atoms with van der Waals surface area (Å²) in [5, 5.41) is 2.52. The van der Waals surface area contributed by atoms with E-state index < -0.39 is 13.9 Å². The molecule has 1 aliphatic rings. The highest BCUT2D eigenvalue weighted by Crippen LogP contribution is 2.48. The summed E-state index contributed by atoms with van der Waals surface area (Å²) in [5.41, 5.74) is 0.146. The number of imidazole rings is 1. The average molecular weight is 452 g/mol. The highest BCUT2D eigenvalue weighted by molar-refractivity contribution is 7.49. The first-order chi connectivity index (χ1) is 14.5. The van der Waals surface area contributed by atoms with Gasteiger partial charge in [-0.3, -0.25) is 29.1 Å². The molecular formula is C20H33N6O4P. The molecule has 3 rings (SSSR count). The average Bonchev–Trinajstić information content (AvgIpc) is 3.17. The maximum atomic E-state index is 12.4. The van der Waals surface area contributed by atoms with E-state index in [-0.39, 0.29) is 41.7 Å². The number of amides is 1. The molecule has 0 aromatic carbocycles. The largest absolute Gasteiger partial charge is 0.352 e. The SMILES string of the molecule is CC(=O)Nc1nc2c(ncn2[C@@H]2O[C@H](C)C(OP(C)N(C(C)C)C(C)C)[C@@H]2C)c(=O)[nH]1. The highest BCUT2D eigenvalue weighted by Gasteiger charge is 2.43. The summed E-state index contributed by atoms with van der Waals surface area (Å²) in [6.45, 7) is 16.3. The van der Waals surface area contributed by atoms with E-state index in [0.717, 1.165) is 0 Å². The molecule has 1 fully saturated rings. The van der Waals surface area contributed by atoms with Crippen LogP contribution in [0.25, 0.3) is 11.2 Å². The van der Waals surface area contributed by atoms with Crippen LogP contribution in [0.2, 0.25) is 0 Å². The fourth-order valence-corrected chi connectivity index (χ4v) is 6.45. The number of carbonyl (C=O) groups excluding carboxylic acids is 1. The number of hydrogen-bond acceptors (Lipinski definition) is 7. The first kappa shape index (κ1) is 23.8. The summed E-state index contributed by atoms with van der Waals surface area (Å²) in [5.74, 6) is -0.235. The van der Waals surface area contributed by atoms with Gasteiger partial charge in [0.2, 0.25) is 11.9 Å². The second kappa shape index (κ2) is 9.32. The smallest absolute Gasteiger partial charge is 0.280 e. The van der Waals surface area contributed by atoms with Crippen LogP contribution in [0.1, 0.15) is 54.7 Å². The van der Waals surface area contributed by atoms with E-state index in [4.69, 9.17) is 9.26 Å². The summed E-state index contributed by atoms with van der Waals surface area (Å²) >= 11 is 0. The maximum Gasteiger partial charge on any atom is 0.280 e. The van der Waals surface area contributed by atoms with Crippen molar-refractivity contribution in [1.29, 1.82) is 0 Å². The lowest BCUT2D eigenvalue weighted by atomic mass is 10.0. The lowest BCUT2D eigenvalue weighted by Crippen LogP contribution is -2.35. The first-order valence-electron chi connectivity index (χ1n) is 10.6. The zero-order chi connectivity index (χ0) is 23.0. The van der Waals surface area contributed by atoms with Gasteiger partial charge in [0.05, 0.1) is 18.5 Å². The monoisotopic (exact) mass is 452 g/mol. The molecule has 1 saturated heterocycles. The Labute approximate surface area is 183 Å². The van der Waals surface area contributed by atoms with Crippen molar-refractivity contribution >= 4 is 31.3 Å². The van der Waals surface area contributed by atoms with Crippen LogP contribution >= 0.6 is 8.30 Å². The third-order valence-corrected chi connectivity index (χ3v) is 7.57. The quantitative estimate of drug-likeness (QED) is 0.621. The Bertz CT molecular complexity index is 982. The number of aromatic amines is 1. The minimum Gasteiger partial charge on any atom is -0.352 e. The Hall–Kier alpha value is -1.87. The molecule has 2 aromatic heterocycles. The number of carbonyl (C=O) groups is 1. The van der Waals surface area contributed by atoms with Crippen molar-refractivity contribution in [3.05, 3.63) is 16.7 Å². The number of H-pyrrole nitrogens is 1. The van der Waals surface area contributed by atoms with Crippen molar-refractivity contribution in [1.82, 2.24) is 24.2 Å². The van der Waals surface area contributed by atoms with Crippen LogP contribution in [0, 0.1) is 5.92 Å². The lowest BCUT2D eigenvalue weighted by Gasteiger charge is -2.37. The predicted molar refractivity (Wildman–Crippen MR) is 121 cm³/mol. The standard InChI is InChI=1S/C20H33N6O4P/c1-10(2)26(11(3)4)31(8)30-16-12(5)19(29-13(16)6)25-9-21-15-17(25)23-20(22-14(7)27)24-18(15)28/h9-13,16,19H,1-8H3,(H2,22,23,24,27,28)/t12-,13+,16?,19+,31?/m0/s1. The van der Waals surface area contributed by atoms with Crippen LogP contribution in [-0.4, -0.2) is 61.1 Å². The van der Waals surface area contributed by atoms with Gasteiger partial charge in [0.15, 0.2) is 11.2 Å². The number of rotatable bonds is 7. The topological polar surface area (TPSA) is 114 Å². The zero-order valence-electron chi connectivity index (χ0n) is 19.4. The van der Waals surface area contributed by atoms with Crippen LogP contribution in [0.4, 0.5) is 5.95 Å². The van der Waals surface area contributed by atoms with Crippen molar-refractivity contribution < 1.29 is 14.1 Å². The fourth-order valence-electron chi connectivity index (χ4n) is 4.33. The molecule has 3 heterocycles. The third-order valence-electron chi connectivity index (χ3n) is 5.44. The van der Waals surface area contributed by atoms with Crippen molar-refractivity contribution in [2.75, 3.05) is 12.0 Å². The minimum atomic E-state index is -0.808. The van der Waals surface area contributed by atoms with Gasteiger partial charge in [-0.2, -0.15) is 4.98 Å². The second-order valence-electron chi connectivity index (χ2n) is 8.61. The molecule has 0 spiro atoms. The predicted octanol–water partition coefficient (Wildman–Crippen LogP) is 3.08. The van der Waals surface area contributed by atoms with Gasteiger partial charge in [-0.05, 0) is 41.3 Å². The van der Waals surface area contributed by atoms with Gasteiger partial charge >= 0.3 is 0 Å². The minimum absolute atomic E-state index is 0.00354. The van der Waals surface area contributed by atoms with E-state index in [9.17, 15) is 9.59 Å². The van der Waals surface area contributed by atoms with Crippen molar-refractivity contribution in [2.45, 2.75) is 79.0 Å². The Morgan fingerprint density at radius 1 is 1.32 bits per heavy atom. The number of anilines is 1. The van der Waals surface area contributed by atoms with E-state index in [1.54, 1.807) is 10.9 Å². The molecule has 0 saturated carbocycles. The van der Waals surface area contributed by atoms with Crippen molar-refractivity contribution in [3.8, 4) is 0 Å². The van der Waals surface area contributed by atoms with Crippen molar-refractivity contribution in [2.24, 2.45) is 5.92 Å². The van der Waals surface area contributed by atoms with E-state index in [1.165, 1.54) is 6.92 Å². The number of nitrogens with one attached hydrogen (secondary N) is 2. The summed E-state index contributed by atoms with van der Waals surface area (Å²) in [7, 11) is -0.808. The maximum absolute atomic E-state index is 12.4. The molecule has 5 atom stereocenters.